The first-order valence-electron chi connectivity index (χ1n) is 11.1. The third-order valence-electron chi connectivity index (χ3n) is 5.71. The van der Waals surface area contributed by atoms with E-state index < -0.39 is 0 Å². The van der Waals surface area contributed by atoms with E-state index in [4.69, 9.17) is 9.72 Å². The highest BCUT2D eigenvalue weighted by Crippen LogP contribution is 2.33. The van der Waals surface area contributed by atoms with Gasteiger partial charge in [-0.1, -0.05) is 19.1 Å². The second-order valence-electron chi connectivity index (χ2n) is 8.27. The van der Waals surface area contributed by atoms with Gasteiger partial charge in [0, 0.05) is 32.1 Å². The topological polar surface area (TPSA) is 47.4 Å². The van der Waals surface area contributed by atoms with E-state index in [2.05, 4.69) is 29.7 Å². The SMILES string of the molecule is CCCN(C)C(=O)c1ccc2c(c1)nc(Cc1ccc(OCC)cc1)n2CC1CC1. The number of fused-ring (bicyclic) bond motifs is 1. The minimum atomic E-state index is 0.0588. The molecule has 0 bridgehead atoms. The molecule has 0 spiro atoms. The van der Waals surface area contributed by atoms with Crippen LogP contribution in [0.3, 0.4) is 0 Å². The fraction of sp³-hybridized carbons (Fsp3) is 0.440. The van der Waals surface area contributed by atoms with Crippen molar-refractivity contribution >= 4 is 16.9 Å². The maximum absolute atomic E-state index is 12.7. The van der Waals surface area contributed by atoms with E-state index >= 15 is 0 Å². The quantitative estimate of drug-likeness (QED) is 0.508. The maximum Gasteiger partial charge on any atom is 0.253 e. The molecule has 1 heterocycles. The summed E-state index contributed by atoms with van der Waals surface area (Å²) in [5.41, 5.74) is 3.96. The van der Waals surface area contributed by atoms with E-state index in [-0.39, 0.29) is 5.91 Å². The molecule has 0 N–H and O–H groups in total. The van der Waals surface area contributed by atoms with Gasteiger partial charge >= 0.3 is 0 Å². The molecule has 0 aliphatic heterocycles. The van der Waals surface area contributed by atoms with Crippen molar-refractivity contribution in [2.75, 3.05) is 20.2 Å². The number of carbonyl (C=O) groups is 1. The molecule has 4 rings (SSSR count). The van der Waals surface area contributed by atoms with E-state index in [0.29, 0.717) is 12.2 Å². The van der Waals surface area contributed by atoms with Crippen molar-refractivity contribution in [3.8, 4) is 5.75 Å². The summed E-state index contributed by atoms with van der Waals surface area (Å²) in [7, 11) is 1.86. The van der Waals surface area contributed by atoms with Crippen LogP contribution < -0.4 is 4.74 Å². The number of hydrogen-bond donors (Lipinski definition) is 0. The lowest BCUT2D eigenvalue weighted by atomic mass is 10.1. The lowest BCUT2D eigenvalue weighted by molar-refractivity contribution is 0.0795. The lowest BCUT2D eigenvalue weighted by Gasteiger charge is -2.16. The zero-order valence-corrected chi connectivity index (χ0v) is 18.2. The molecule has 0 saturated heterocycles. The molecule has 1 aromatic heterocycles. The molecule has 1 fully saturated rings. The van der Waals surface area contributed by atoms with Crippen LogP contribution in [0.1, 0.15) is 54.9 Å². The van der Waals surface area contributed by atoms with Gasteiger partial charge in [-0.05, 0) is 68.0 Å². The van der Waals surface area contributed by atoms with Gasteiger partial charge < -0.3 is 14.2 Å². The molecular weight excluding hydrogens is 374 g/mol. The number of amides is 1. The maximum atomic E-state index is 12.7. The number of carbonyl (C=O) groups excluding carboxylic acids is 1. The fourth-order valence-electron chi connectivity index (χ4n) is 3.92. The first kappa shape index (κ1) is 20.5. The van der Waals surface area contributed by atoms with Crippen LogP contribution in [0.2, 0.25) is 0 Å². The number of ether oxygens (including phenoxy) is 1. The molecule has 0 atom stereocenters. The normalized spacial score (nSPS) is 13.6. The van der Waals surface area contributed by atoms with Crippen LogP contribution in [0.15, 0.2) is 42.5 Å². The minimum absolute atomic E-state index is 0.0588. The number of nitrogens with zero attached hydrogens (tertiary/aromatic N) is 3. The highest BCUT2D eigenvalue weighted by molar-refractivity contribution is 5.97. The zero-order chi connectivity index (χ0) is 21.1. The summed E-state index contributed by atoms with van der Waals surface area (Å²) in [5, 5.41) is 0. The molecular formula is C25H31N3O2. The third kappa shape index (κ3) is 4.50. The summed E-state index contributed by atoms with van der Waals surface area (Å²) in [5.74, 6) is 2.77. The summed E-state index contributed by atoms with van der Waals surface area (Å²) in [6, 6.07) is 14.2. The molecule has 5 heteroatoms. The van der Waals surface area contributed by atoms with Crippen LogP contribution in [0.4, 0.5) is 0 Å². The predicted molar refractivity (Wildman–Crippen MR) is 120 cm³/mol. The van der Waals surface area contributed by atoms with E-state index in [1.807, 2.05) is 38.2 Å². The van der Waals surface area contributed by atoms with E-state index in [1.165, 1.54) is 18.4 Å². The highest BCUT2D eigenvalue weighted by Gasteiger charge is 2.25. The molecule has 1 aliphatic carbocycles. The van der Waals surface area contributed by atoms with E-state index in [9.17, 15) is 4.79 Å². The van der Waals surface area contributed by atoms with Gasteiger partial charge in [-0.15, -0.1) is 0 Å². The van der Waals surface area contributed by atoms with E-state index in [1.54, 1.807) is 4.90 Å². The zero-order valence-electron chi connectivity index (χ0n) is 18.2. The number of hydrogen-bond acceptors (Lipinski definition) is 3. The lowest BCUT2D eigenvalue weighted by Crippen LogP contribution is -2.27. The van der Waals surface area contributed by atoms with Crippen molar-refractivity contribution in [1.82, 2.24) is 14.5 Å². The summed E-state index contributed by atoms with van der Waals surface area (Å²) in [6.07, 6.45) is 4.31. The molecule has 0 unspecified atom stereocenters. The molecule has 2 aromatic carbocycles. The van der Waals surface area contributed by atoms with Gasteiger partial charge in [-0.25, -0.2) is 4.98 Å². The molecule has 1 aliphatic rings. The smallest absolute Gasteiger partial charge is 0.253 e. The Hall–Kier alpha value is -2.82. The first-order chi connectivity index (χ1) is 14.6. The Kier molecular flexibility index (Phi) is 6.07. The number of imidazole rings is 1. The van der Waals surface area contributed by atoms with Crippen molar-refractivity contribution in [3.05, 3.63) is 59.4 Å². The van der Waals surface area contributed by atoms with Crippen LogP contribution in [-0.4, -0.2) is 40.6 Å². The molecule has 1 amide bonds. The Labute approximate surface area is 178 Å². The van der Waals surface area contributed by atoms with Gasteiger partial charge in [0.2, 0.25) is 0 Å². The van der Waals surface area contributed by atoms with Gasteiger partial charge in [0.1, 0.15) is 11.6 Å². The van der Waals surface area contributed by atoms with Crippen LogP contribution in [0.25, 0.3) is 11.0 Å². The van der Waals surface area contributed by atoms with Gasteiger partial charge in [-0.2, -0.15) is 0 Å². The highest BCUT2D eigenvalue weighted by atomic mass is 16.5. The number of benzene rings is 2. The minimum Gasteiger partial charge on any atom is -0.494 e. The second kappa shape index (κ2) is 8.90. The van der Waals surface area contributed by atoms with Gasteiger partial charge in [0.15, 0.2) is 0 Å². The van der Waals surface area contributed by atoms with Crippen molar-refractivity contribution in [3.63, 3.8) is 0 Å². The van der Waals surface area contributed by atoms with Crippen molar-refractivity contribution in [2.45, 2.75) is 46.1 Å². The molecule has 5 nitrogen and oxygen atoms in total. The van der Waals surface area contributed by atoms with Gasteiger partial charge in [0.25, 0.3) is 5.91 Å². The molecule has 3 aromatic rings. The standard InChI is InChI=1S/C25H31N3O2/c1-4-14-27(3)25(29)20-10-13-23-22(16-20)26-24(28(23)17-19-6-7-19)15-18-8-11-21(12-9-18)30-5-2/h8-13,16,19H,4-7,14-15,17H2,1-3H3. The van der Waals surface area contributed by atoms with Gasteiger partial charge in [-0.3, -0.25) is 4.79 Å². The summed E-state index contributed by atoms with van der Waals surface area (Å²) in [4.78, 5) is 19.5. The second-order valence-corrected chi connectivity index (χ2v) is 8.27. The number of rotatable bonds is 9. The van der Waals surface area contributed by atoms with Crippen molar-refractivity contribution in [2.24, 2.45) is 5.92 Å². The van der Waals surface area contributed by atoms with Crippen LogP contribution in [0.5, 0.6) is 5.75 Å². The van der Waals surface area contributed by atoms with Crippen LogP contribution >= 0.6 is 0 Å². The third-order valence-corrected chi connectivity index (χ3v) is 5.71. The van der Waals surface area contributed by atoms with Gasteiger partial charge in [0.05, 0.1) is 17.6 Å². The average molecular weight is 406 g/mol. The Morgan fingerprint density at radius 3 is 2.60 bits per heavy atom. The largest absolute Gasteiger partial charge is 0.494 e. The molecule has 0 radical (unpaired) electrons. The Bertz CT molecular complexity index is 1020. The predicted octanol–water partition coefficient (Wildman–Crippen LogP) is 4.92. The van der Waals surface area contributed by atoms with Crippen LogP contribution in [0, 0.1) is 5.92 Å². The van der Waals surface area contributed by atoms with Crippen molar-refractivity contribution < 1.29 is 9.53 Å². The Morgan fingerprint density at radius 2 is 1.93 bits per heavy atom. The van der Waals surface area contributed by atoms with Crippen molar-refractivity contribution in [1.29, 1.82) is 0 Å². The summed E-state index contributed by atoms with van der Waals surface area (Å²) in [6.45, 7) is 6.51. The summed E-state index contributed by atoms with van der Waals surface area (Å²) >= 11 is 0. The fourth-order valence-corrected chi connectivity index (χ4v) is 3.92. The first-order valence-corrected chi connectivity index (χ1v) is 11.1. The monoisotopic (exact) mass is 405 g/mol. The molecule has 158 valence electrons. The Morgan fingerprint density at radius 1 is 1.17 bits per heavy atom. The number of aromatic nitrogens is 2. The Balaban J connectivity index is 1.64. The molecule has 1 saturated carbocycles. The average Bonchev–Trinajstić information content (AvgIpc) is 3.51. The van der Waals surface area contributed by atoms with Crippen LogP contribution in [-0.2, 0) is 13.0 Å². The molecule has 30 heavy (non-hydrogen) atoms. The summed E-state index contributed by atoms with van der Waals surface area (Å²) < 4.78 is 7.91. The van der Waals surface area contributed by atoms with E-state index in [0.717, 1.165) is 54.5 Å².